The van der Waals surface area contributed by atoms with Gasteiger partial charge in [0.15, 0.2) is 0 Å². The van der Waals surface area contributed by atoms with E-state index >= 15 is 0 Å². The van der Waals surface area contributed by atoms with Gasteiger partial charge in [0, 0.05) is 45.0 Å². The molecule has 0 saturated carbocycles. The first-order valence-corrected chi connectivity index (χ1v) is 10.2. The maximum absolute atomic E-state index is 13.4. The minimum absolute atomic E-state index is 0.0281. The van der Waals surface area contributed by atoms with Crippen LogP contribution < -0.4 is 4.90 Å². The van der Waals surface area contributed by atoms with Crippen LogP contribution in [0.1, 0.15) is 12.0 Å². The minimum Gasteiger partial charge on any atom is -0.339 e. The van der Waals surface area contributed by atoms with Crippen LogP contribution >= 0.6 is 11.6 Å². The van der Waals surface area contributed by atoms with Gasteiger partial charge < -0.3 is 9.80 Å². The van der Waals surface area contributed by atoms with E-state index in [0.717, 1.165) is 19.6 Å². The number of hydrogen-bond acceptors (Lipinski definition) is 3. The zero-order chi connectivity index (χ0) is 20.4. The molecule has 7 heteroatoms. The van der Waals surface area contributed by atoms with Gasteiger partial charge >= 0.3 is 0 Å². The van der Waals surface area contributed by atoms with Gasteiger partial charge in [0.25, 0.3) is 0 Å². The number of halogens is 2. The molecule has 2 aromatic carbocycles. The van der Waals surface area contributed by atoms with Crippen molar-refractivity contribution in [3.8, 4) is 0 Å². The van der Waals surface area contributed by atoms with Gasteiger partial charge in [-0.25, -0.2) is 4.39 Å². The molecule has 29 heavy (non-hydrogen) atoms. The van der Waals surface area contributed by atoms with Crippen LogP contribution in [0.25, 0.3) is 0 Å². The molecule has 5 nitrogen and oxygen atoms in total. The van der Waals surface area contributed by atoms with Gasteiger partial charge in [-0.05, 0) is 30.2 Å². The molecule has 0 aliphatic carbocycles. The van der Waals surface area contributed by atoms with Gasteiger partial charge in [0.1, 0.15) is 11.7 Å². The van der Waals surface area contributed by atoms with Gasteiger partial charge in [-0.1, -0.05) is 41.9 Å². The molecule has 4 rings (SSSR count). The van der Waals surface area contributed by atoms with E-state index in [4.69, 9.17) is 11.6 Å². The highest BCUT2D eigenvalue weighted by Gasteiger charge is 2.40. The monoisotopic (exact) mass is 415 g/mol. The number of hydrogen-bond donors (Lipinski definition) is 0. The van der Waals surface area contributed by atoms with Crippen molar-refractivity contribution in [2.24, 2.45) is 5.92 Å². The molecule has 0 radical (unpaired) electrons. The maximum atomic E-state index is 13.4. The lowest BCUT2D eigenvalue weighted by Crippen LogP contribution is -2.51. The first-order valence-electron chi connectivity index (χ1n) is 9.84. The van der Waals surface area contributed by atoms with Gasteiger partial charge in [-0.3, -0.25) is 14.5 Å². The summed E-state index contributed by atoms with van der Waals surface area (Å²) < 4.78 is 13.4. The quantitative estimate of drug-likeness (QED) is 0.720. The highest BCUT2D eigenvalue weighted by Crippen LogP contribution is 2.29. The number of piperazine rings is 1. The van der Waals surface area contributed by atoms with Crippen molar-refractivity contribution in [3.63, 3.8) is 0 Å². The Bertz CT molecular complexity index is 900. The van der Waals surface area contributed by atoms with Crippen molar-refractivity contribution in [1.82, 2.24) is 9.80 Å². The van der Waals surface area contributed by atoms with Crippen LogP contribution in [0, 0.1) is 11.7 Å². The summed E-state index contributed by atoms with van der Waals surface area (Å²) in [7, 11) is 0. The van der Waals surface area contributed by atoms with E-state index in [1.807, 2.05) is 18.2 Å². The Morgan fingerprint density at radius 2 is 1.76 bits per heavy atom. The standard InChI is InChI=1S/C22H23ClFN3O2/c23-19-14-17(6-7-20(19)24)27-9-8-18(22(27)29)21(28)26-12-10-25(11-13-26)15-16-4-2-1-3-5-16/h1-7,14,18H,8-13,15H2. The van der Waals surface area contributed by atoms with Crippen molar-refractivity contribution in [1.29, 1.82) is 0 Å². The molecule has 0 spiro atoms. The van der Waals surface area contributed by atoms with Crippen molar-refractivity contribution >= 4 is 29.1 Å². The molecule has 2 heterocycles. The zero-order valence-corrected chi connectivity index (χ0v) is 16.8. The lowest BCUT2D eigenvalue weighted by molar-refractivity contribution is -0.141. The van der Waals surface area contributed by atoms with E-state index in [1.54, 1.807) is 4.90 Å². The van der Waals surface area contributed by atoms with Crippen LogP contribution in [0.3, 0.4) is 0 Å². The van der Waals surface area contributed by atoms with Crippen LogP contribution in [0.5, 0.6) is 0 Å². The van der Waals surface area contributed by atoms with Crippen LogP contribution in [0.4, 0.5) is 10.1 Å². The number of anilines is 1. The van der Waals surface area contributed by atoms with E-state index < -0.39 is 11.7 Å². The topological polar surface area (TPSA) is 43.9 Å². The summed E-state index contributed by atoms with van der Waals surface area (Å²) in [5, 5.41) is -0.0281. The highest BCUT2D eigenvalue weighted by molar-refractivity contribution is 6.31. The molecule has 0 aromatic heterocycles. The van der Waals surface area contributed by atoms with Crippen molar-refractivity contribution in [3.05, 3.63) is 64.9 Å². The summed E-state index contributed by atoms with van der Waals surface area (Å²) in [6.45, 7) is 4.13. The second-order valence-electron chi connectivity index (χ2n) is 7.52. The molecule has 0 N–H and O–H groups in total. The largest absolute Gasteiger partial charge is 0.339 e. The van der Waals surface area contributed by atoms with Crippen LogP contribution in [0.15, 0.2) is 48.5 Å². The second-order valence-corrected chi connectivity index (χ2v) is 7.92. The van der Waals surface area contributed by atoms with Crippen molar-refractivity contribution in [2.75, 3.05) is 37.6 Å². The lowest BCUT2D eigenvalue weighted by Gasteiger charge is -2.35. The summed E-state index contributed by atoms with van der Waals surface area (Å²) in [6.07, 6.45) is 0.469. The molecule has 2 saturated heterocycles. The fourth-order valence-electron chi connectivity index (χ4n) is 4.01. The molecule has 2 amide bonds. The van der Waals surface area contributed by atoms with Gasteiger partial charge in [-0.15, -0.1) is 0 Å². The van der Waals surface area contributed by atoms with E-state index in [-0.39, 0.29) is 16.8 Å². The van der Waals surface area contributed by atoms with Gasteiger partial charge in [0.2, 0.25) is 11.8 Å². The normalized spacial score (nSPS) is 20.3. The predicted molar refractivity (Wildman–Crippen MR) is 110 cm³/mol. The summed E-state index contributed by atoms with van der Waals surface area (Å²) in [4.78, 5) is 31.4. The lowest BCUT2D eigenvalue weighted by atomic mass is 10.1. The fourth-order valence-corrected chi connectivity index (χ4v) is 4.18. The Hall–Kier alpha value is -2.44. The third-order valence-electron chi connectivity index (χ3n) is 5.65. The van der Waals surface area contributed by atoms with Gasteiger partial charge in [0.05, 0.1) is 5.02 Å². The first-order chi connectivity index (χ1) is 14.0. The second kappa shape index (κ2) is 8.51. The van der Waals surface area contributed by atoms with Crippen LogP contribution in [-0.4, -0.2) is 54.3 Å². The molecule has 1 unspecified atom stereocenters. The number of benzene rings is 2. The van der Waals surface area contributed by atoms with E-state index in [2.05, 4.69) is 17.0 Å². The third-order valence-corrected chi connectivity index (χ3v) is 5.94. The Kier molecular flexibility index (Phi) is 5.83. The number of nitrogens with zero attached hydrogens (tertiary/aromatic N) is 3. The Labute approximate surface area is 174 Å². The fraction of sp³-hybridized carbons (Fsp3) is 0.364. The summed E-state index contributed by atoms with van der Waals surface area (Å²) in [5.41, 5.74) is 1.79. The highest BCUT2D eigenvalue weighted by atomic mass is 35.5. The maximum Gasteiger partial charge on any atom is 0.239 e. The molecule has 2 fully saturated rings. The Morgan fingerprint density at radius 1 is 1.03 bits per heavy atom. The summed E-state index contributed by atoms with van der Waals surface area (Å²) in [5.74, 6) is -1.53. The molecular weight excluding hydrogens is 393 g/mol. The summed E-state index contributed by atoms with van der Waals surface area (Å²) >= 11 is 5.84. The average Bonchev–Trinajstić information content (AvgIpc) is 3.12. The average molecular weight is 416 g/mol. The molecule has 2 aromatic rings. The number of rotatable bonds is 4. The Balaban J connectivity index is 1.34. The number of carbonyl (C=O) groups is 2. The molecule has 152 valence electrons. The van der Waals surface area contributed by atoms with Crippen molar-refractivity contribution in [2.45, 2.75) is 13.0 Å². The number of carbonyl (C=O) groups excluding carboxylic acids is 2. The smallest absolute Gasteiger partial charge is 0.239 e. The van der Waals surface area contributed by atoms with E-state index in [0.29, 0.717) is 31.7 Å². The minimum atomic E-state index is -0.667. The zero-order valence-electron chi connectivity index (χ0n) is 16.1. The molecule has 0 bridgehead atoms. The van der Waals surface area contributed by atoms with E-state index in [1.165, 1.54) is 28.7 Å². The third kappa shape index (κ3) is 4.28. The molecule has 2 aliphatic rings. The predicted octanol–water partition coefficient (Wildman–Crippen LogP) is 3.18. The summed E-state index contributed by atoms with van der Waals surface area (Å²) in [6, 6.07) is 14.5. The van der Waals surface area contributed by atoms with Crippen LogP contribution in [-0.2, 0) is 16.1 Å². The SMILES string of the molecule is O=C(C1CCN(c2ccc(F)c(Cl)c2)C1=O)N1CCN(Cc2ccccc2)CC1. The van der Waals surface area contributed by atoms with Crippen LogP contribution in [0.2, 0.25) is 5.02 Å². The molecule has 1 atom stereocenters. The Morgan fingerprint density at radius 3 is 2.45 bits per heavy atom. The van der Waals surface area contributed by atoms with Gasteiger partial charge in [-0.2, -0.15) is 0 Å². The molecule has 2 aliphatic heterocycles. The van der Waals surface area contributed by atoms with E-state index in [9.17, 15) is 14.0 Å². The first kappa shape index (κ1) is 19.9. The van der Waals surface area contributed by atoms with Crippen molar-refractivity contribution < 1.29 is 14.0 Å². The molecular formula is C22H23ClFN3O2. The number of amides is 2.